The van der Waals surface area contributed by atoms with Crippen molar-refractivity contribution in [1.29, 1.82) is 0 Å². The van der Waals surface area contributed by atoms with Crippen LogP contribution >= 0.6 is 15.9 Å². The fourth-order valence-corrected chi connectivity index (χ4v) is 1.37. The molecule has 0 heterocycles. The van der Waals surface area contributed by atoms with Crippen molar-refractivity contribution in [2.45, 2.75) is 12.7 Å². The highest BCUT2D eigenvalue weighted by atomic mass is 79.9. The number of hydrogen-bond acceptors (Lipinski definition) is 2. The summed E-state index contributed by atoms with van der Waals surface area (Å²) in [6.45, 7) is -1.05. The van der Waals surface area contributed by atoms with Gasteiger partial charge in [0.15, 0.2) is 6.61 Å². The van der Waals surface area contributed by atoms with Crippen LogP contribution in [0.2, 0.25) is 0 Å². The third kappa shape index (κ3) is 4.09. The fraction of sp³-hybridized carbons (Fsp3) is 0.333. The Morgan fingerprint density at radius 2 is 2.00 bits per heavy atom. The lowest BCUT2D eigenvalue weighted by molar-refractivity contribution is -0.153. The van der Waals surface area contributed by atoms with Crippen LogP contribution in [0, 0.1) is 0 Å². The first-order chi connectivity index (χ1) is 6.92. The predicted octanol–water partition coefficient (Wildman–Crippen LogP) is 2.85. The van der Waals surface area contributed by atoms with Crippen LogP contribution in [0.15, 0.2) is 22.7 Å². The van der Waals surface area contributed by atoms with E-state index in [1.165, 1.54) is 12.1 Å². The molecule has 0 fully saturated rings. The number of halogens is 4. The van der Waals surface area contributed by atoms with Crippen molar-refractivity contribution in [2.75, 3.05) is 6.61 Å². The summed E-state index contributed by atoms with van der Waals surface area (Å²) in [5.74, 6) is 0.163. The Bertz CT molecular complexity index is 341. The molecular weight excluding hydrogens is 275 g/mol. The van der Waals surface area contributed by atoms with Crippen LogP contribution in [-0.4, -0.2) is 12.8 Å². The highest BCUT2D eigenvalue weighted by Crippen LogP contribution is 2.24. The Kier molecular flexibility index (Phi) is 3.98. The lowest BCUT2D eigenvalue weighted by Gasteiger charge is -2.10. The van der Waals surface area contributed by atoms with Gasteiger partial charge in [-0.05, 0) is 23.8 Å². The first kappa shape index (κ1) is 12.3. The van der Waals surface area contributed by atoms with Crippen molar-refractivity contribution < 1.29 is 17.9 Å². The van der Waals surface area contributed by atoms with Crippen molar-refractivity contribution >= 4 is 15.9 Å². The number of benzene rings is 1. The van der Waals surface area contributed by atoms with Gasteiger partial charge >= 0.3 is 6.18 Å². The van der Waals surface area contributed by atoms with E-state index in [9.17, 15) is 13.2 Å². The van der Waals surface area contributed by atoms with E-state index in [0.717, 1.165) is 4.47 Å². The van der Waals surface area contributed by atoms with Crippen molar-refractivity contribution in [2.24, 2.45) is 5.73 Å². The first-order valence-corrected chi connectivity index (χ1v) is 4.90. The summed E-state index contributed by atoms with van der Waals surface area (Å²) in [4.78, 5) is 0. The van der Waals surface area contributed by atoms with Gasteiger partial charge in [0.1, 0.15) is 5.75 Å². The van der Waals surface area contributed by atoms with Gasteiger partial charge in [-0.2, -0.15) is 13.2 Å². The number of alkyl halides is 3. The van der Waals surface area contributed by atoms with E-state index < -0.39 is 12.8 Å². The third-order valence-electron chi connectivity index (χ3n) is 1.64. The molecule has 0 radical (unpaired) electrons. The number of ether oxygens (including phenoxy) is 1. The minimum absolute atomic E-state index is 0.163. The molecule has 84 valence electrons. The monoisotopic (exact) mass is 283 g/mol. The van der Waals surface area contributed by atoms with Gasteiger partial charge in [0.05, 0.1) is 0 Å². The standard InChI is InChI=1S/C9H9BrF3NO/c10-8-2-1-7(3-6(8)4-14)15-5-9(11,12)13/h1-3H,4-5,14H2. The minimum Gasteiger partial charge on any atom is -0.484 e. The van der Waals surface area contributed by atoms with E-state index in [2.05, 4.69) is 20.7 Å². The molecule has 15 heavy (non-hydrogen) atoms. The zero-order chi connectivity index (χ0) is 11.5. The quantitative estimate of drug-likeness (QED) is 0.926. The maximum atomic E-state index is 11.8. The molecule has 6 heteroatoms. The van der Waals surface area contributed by atoms with Crippen LogP contribution in [0.25, 0.3) is 0 Å². The minimum atomic E-state index is -4.32. The van der Waals surface area contributed by atoms with Gasteiger partial charge in [-0.3, -0.25) is 0 Å². The molecule has 0 saturated heterocycles. The van der Waals surface area contributed by atoms with Gasteiger partial charge in [-0.25, -0.2) is 0 Å². The topological polar surface area (TPSA) is 35.2 Å². The molecule has 0 saturated carbocycles. The van der Waals surface area contributed by atoms with Crippen molar-refractivity contribution in [3.8, 4) is 5.75 Å². The van der Waals surface area contributed by atoms with E-state index in [-0.39, 0.29) is 12.3 Å². The summed E-state index contributed by atoms with van der Waals surface area (Å²) < 4.78 is 40.9. The highest BCUT2D eigenvalue weighted by molar-refractivity contribution is 9.10. The first-order valence-electron chi connectivity index (χ1n) is 4.10. The summed E-state index contributed by atoms with van der Waals surface area (Å²) in [6.07, 6.45) is -4.32. The molecule has 0 aliphatic heterocycles. The average molecular weight is 284 g/mol. The molecule has 1 aromatic carbocycles. The number of nitrogens with two attached hydrogens (primary N) is 1. The average Bonchev–Trinajstić information content (AvgIpc) is 2.15. The van der Waals surface area contributed by atoms with Crippen LogP contribution < -0.4 is 10.5 Å². The predicted molar refractivity (Wildman–Crippen MR) is 53.6 cm³/mol. The summed E-state index contributed by atoms with van der Waals surface area (Å²) in [7, 11) is 0. The van der Waals surface area contributed by atoms with Gasteiger partial charge in [0.2, 0.25) is 0 Å². The second-order valence-corrected chi connectivity index (χ2v) is 3.72. The van der Waals surface area contributed by atoms with Crippen molar-refractivity contribution in [3.05, 3.63) is 28.2 Å². The SMILES string of the molecule is NCc1cc(OCC(F)(F)F)ccc1Br. The fourth-order valence-electron chi connectivity index (χ4n) is 0.962. The third-order valence-corrected chi connectivity index (χ3v) is 2.41. The van der Waals surface area contributed by atoms with E-state index >= 15 is 0 Å². The normalized spacial score (nSPS) is 11.5. The van der Waals surface area contributed by atoms with Gasteiger partial charge in [0.25, 0.3) is 0 Å². The smallest absolute Gasteiger partial charge is 0.422 e. The summed E-state index contributed by atoms with van der Waals surface area (Å²) in [5, 5.41) is 0. The molecule has 0 bridgehead atoms. The van der Waals surface area contributed by atoms with Crippen LogP contribution in [0.4, 0.5) is 13.2 Å². The molecule has 0 unspecified atom stereocenters. The summed E-state index contributed by atoms with van der Waals surface area (Å²) in [5.41, 5.74) is 6.10. The van der Waals surface area contributed by atoms with Gasteiger partial charge in [-0.15, -0.1) is 0 Å². The van der Waals surface area contributed by atoms with Crippen molar-refractivity contribution in [3.63, 3.8) is 0 Å². The number of rotatable bonds is 3. The second-order valence-electron chi connectivity index (χ2n) is 2.86. The molecule has 0 aromatic heterocycles. The zero-order valence-corrected chi connectivity index (χ0v) is 9.23. The van der Waals surface area contributed by atoms with Crippen LogP contribution in [0.3, 0.4) is 0 Å². The zero-order valence-electron chi connectivity index (χ0n) is 7.64. The largest absolute Gasteiger partial charge is 0.484 e. The molecule has 1 rings (SSSR count). The van der Waals surface area contributed by atoms with Crippen LogP contribution in [-0.2, 0) is 6.54 Å². The Morgan fingerprint density at radius 1 is 1.33 bits per heavy atom. The molecule has 0 spiro atoms. The van der Waals surface area contributed by atoms with E-state index in [4.69, 9.17) is 5.73 Å². The molecule has 2 nitrogen and oxygen atoms in total. The molecule has 0 atom stereocenters. The highest BCUT2D eigenvalue weighted by Gasteiger charge is 2.28. The lowest BCUT2D eigenvalue weighted by Crippen LogP contribution is -2.19. The van der Waals surface area contributed by atoms with E-state index in [1.807, 2.05) is 0 Å². The van der Waals surface area contributed by atoms with E-state index in [0.29, 0.717) is 5.56 Å². The Balaban J connectivity index is 2.70. The molecular formula is C9H9BrF3NO. The summed E-state index contributed by atoms with van der Waals surface area (Å²) in [6, 6.07) is 4.54. The maximum absolute atomic E-state index is 11.8. The second kappa shape index (κ2) is 4.85. The van der Waals surface area contributed by atoms with E-state index in [1.54, 1.807) is 6.07 Å². The van der Waals surface area contributed by atoms with Crippen LogP contribution in [0.5, 0.6) is 5.75 Å². The van der Waals surface area contributed by atoms with Crippen molar-refractivity contribution in [1.82, 2.24) is 0 Å². The molecule has 1 aromatic rings. The van der Waals surface area contributed by atoms with Gasteiger partial charge in [-0.1, -0.05) is 15.9 Å². The maximum Gasteiger partial charge on any atom is 0.422 e. The Morgan fingerprint density at radius 3 is 2.53 bits per heavy atom. The molecule has 0 aliphatic rings. The summed E-state index contributed by atoms with van der Waals surface area (Å²) >= 11 is 3.22. The molecule has 0 amide bonds. The Hall–Kier alpha value is -0.750. The molecule has 0 aliphatic carbocycles. The van der Waals surface area contributed by atoms with Crippen LogP contribution in [0.1, 0.15) is 5.56 Å². The molecule has 2 N–H and O–H groups in total. The Labute approximate surface area is 93.3 Å². The lowest BCUT2D eigenvalue weighted by atomic mass is 10.2. The van der Waals surface area contributed by atoms with Gasteiger partial charge < -0.3 is 10.5 Å². The number of hydrogen-bond donors (Lipinski definition) is 1. The van der Waals surface area contributed by atoms with Gasteiger partial charge in [0, 0.05) is 11.0 Å².